The summed E-state index contributed by atoms with van der Waals surface area (Å²) in [6.45, 7) is 0. The van der Waals surface area contributed by atoms with Gasteiger partial charge in [0.1, 0.15) is 5.76 Å². The van der Waals surface area contributed by atoms with Gasteiger partial charge in [-0.05, 0) is 17.7 Å². The molecule has 0 saturated heterocycles. The van der Waals surface area contributed by atoms with Crippen LogP contribution in [0.15, 0.2) is 90.6 Å². The molecule has 0 spiro atoms. The van der Waals surface area contributed by atoms with Gasteiger partial charge in [0.2, 0.25) is 0 Å². The summed E-state index contributed by atoms with van der Waals surface area (Å²) >= 11 is 5.70. The number of allylic oxidation sites excluding steroid dienone is 7. The van der Waals surface area contributed by atoms with Gasteiger partial charge in [-0.3, -0.25) is 0 Å². The molecule has 2 nitrogen and oxygen atoms in total. The smallest absolute Gasteiger partial charge is 0.871 e. The summed E-state index contributed by atoms with van der Waals surface area (Å²) in [5.74, 6) is -0.447. The largest absolute Gasteiger partial charge is 2.00 e. The molecule has 0 radical (unpaired) electrons. The number of aliphatic hydroxyl groups is 1. The topological polar surface area (TPSA) is 43.3 Å². The van der Waals surface area contributed by atoms with Crippen molar-refractivity contribution in [3.63, 3.8) is 0 Å². The molecule has 0 fully saturated rings. The third-order valence-corrected chi connectivity index (χ3v) is 3.22. The Bertz CT molecular complexity index is 695. The molecular weight excluding hydrogens is 352 g/mol. The number of rotatable bonds is 2. The van der Waals surface area contributed by atoms with Crippen LogP contribution in [-0.2, 0) is 17.1 Å². The molecule has 1 aliphatic rings. The van der Waals surface area contributed by atoms with Crippen LogP contribution in [0.25, 0.3) is 5.76 Å². The van der Waals surface area contributed by atoms with Crippen LogP contribution in [0.4, 0.5) is 0 Å². The molecule has 23 heavy (non-hydrogen) atoms. The summed E-state index contributed by atoms with van der Waals surface area (Å²) in [5, 5.41) is 21.5. The van der Waals surface area contributed by atoms with Crippen molar-refractivity contribution in [2.75, 3.05) is 0 Å². The summed E-state index contributed by atoms with van der Waals surface area (Å²) < 4.78 is 0. The van der Waals surface area contributed by atoms with Gasteiger partial charge in [-0.25, -0.2) is 12.1 Å². The summed E-state index contributed by atoms with van der Waals surface area (Å²) in [6, 6.07) is 14.7. The quantitative estimate of drug-likeness (QED) is 0.473. The van der Waals surface area contributed by atoms with Gasteiger partial charge in [0.05, 0.1) is 0 Å². The molecule has 4 heteroatoms. The van der Waals surface area contributed by atoms with Gasteiger partial charge in [-0.2, -0.15) is 18.2 Å². The first-order chi connectivity index (χ1) is 10.7. The Morgan fingerprint density at radius 2 is 1.74 bits per heavy atom. The van der Waals surface area contributed by atoms with Crippen LogP contribution in [0.3, 0.4) is 0 Å². The second-order valence-corrected chi connectivity index (χ2v) is 4.92. The maximum Gasteiger partial charge on any atom is 2.00 e. The van der Waals surface area contributed by atoms with E-state index in [1.165, 1.54) is 12.1 Å². The zero-order valence-electron chi connectivity index (χ0n) is 12.2. The van der Waals surface area contributed by atoms with Gasteiger partial charge < -0.3 is 10.2 Å². The van der Waals surface area contributed by atoms with Crippen molar-refractivity contribution >= 4 is 17.4 Å². The van der Waals surface area contributed by atoms with Gasteiger partial charge in [0, 0.05) is 10.6 Å². The summed E-state index contributed by atoms with van der Waals surface area (Å²) in [6.07, 6.45) is 10.8. The molecule has 1 aliphatic carbocycles. The molecule has 0 unspecified atom stereocenters. The van der Waals surface area contributed by atoms with Crippen molar-refractivity contribution in [2.45, 2.75) is 0 Å². The fraction of sp³-hybridized carbons (Fsp3) is 0. The van der Waals surface area contributed by atoms with Crippen LogP contribution in [0.2, 0.25) is 5.02 Å². The van der Waals surface area contributed by atoms with E-state index < -0.39 is 0 Å². The minimum absolute atomic E-state index is 0. The maximum absolute atomic E-state index is 11.6. The standard InChI is InChI=1S/C14H11ClO2.C5H5.Fe/c15-12-7-3-6-11(14(12)17)13(16)9-8-10-4-1-2-5-10;1-2-4-5-3-1;/h1-9,16-17H;1-5H;/q;-1;+2/p-1. The van der Waals surface area contributed by atoms with Crippen LogP contribution in [0.1, 0.15) is 5.56 Å². The van der Waals surface area contributed by atoms with Crippen LogP contribution in [0, 0.1) is 0 Å². The van der Waals surface area contributed by atoms with Crippen LogP contribution >= 0.6 is 11.6 Å². The van der Waals surface area contributed by atoms with Crippen molar-refractivity contribution in [3.8, 4) is 5.75 Å². The maximum atomic E-state index is 11.6. The van der Waals surface area contributed by atoms with E-state index >= 15 is 0 Å². The van der Waals surface area contributed by atoms with Crippen LogP contribution in [-0.4, -0.2) is 5.11 Å². The normalized spacial score (nSPS) is 12.4. The summed E-state index contributed by atoms with van der Waals surface area (Å²) in [5.41, 5.74) is 1.17. The zero-order chi connectivity index (χ0) is 15.8. The van der Waals surface area contributed by atoms with E-state index in [2.05, 4.69) is 0 Å². The molecule has 0 atom stereocenters. The second-order valence-electron chi connectivity index (χ2n) is 4.52. The predicted octanol–water partition coefficient (Wildman–Crippen LogP) is 4.77. The van der Waals surface area contributed by atoms with Gasteiger partial charge in [0.15, 0.2) is 0 Å². The number of aliphatic hydroxyl groups excluding tert-OH is 1. The molecule has 3 rings (SSSR count). The molecule has 1 N–H and O–H groups in total. The summed E-state index contributed by atoms with van der Waals surface area (Å²) in [7, 11) is 0. The number of benzene rings is 1. The average Bonchev–Trinajstić information content (AvgIpc) is 3.23. The first kappa shape index (κ1) is 19.0. The molecule has 0 aliphatic heterocycles. The number of hydrogen-bond donors (Lipinski definition) is 1. The van der Waals surface area contributed by atoms with Crippen LogP contribution in [0.5, 0.6) is 5.75 Å². The Hall–Kier alpha value is -2.06. The van der Waals surface area contributed by atoms with E-state index in [4.69, 9.17) is 11.6 Å². The molecule has 2 aromatic carbocycles. The fourth-order valence-electron chi connectivity index (χ4n) is 1.80. The Balaban J connectivity index is 0.000000377. The van der Waals surface area contributed by atoms with E-state index in [-0.39, 0.29) is 39.2 Å². The van der Waals surface area contributed by atoms with Crippen molar-refractivity contribution in [1.29, 1.82) is 0 Å². The molecule has 0 aromatic heterocycles. The zero-order valence-corrected chi connectivity index (χ0v) is 14.0. The molecule has 0 bridgehead atoms. The number of halogens is 1. The summed E-state index contributed by atoms with van der Waals surface area (Å²) in [4.78, 5) is 0. The Morgan fingerprint density at radius 3 is 2.30 bits per heavy atom. The van der Waals surface area contributed by atoms with Gasteiger partial charge in [-0.1, -0.05) is 59.9 Å². The molecule has 2 aromatic rings. The molecular formula is C19H15ClFeO2. The molecule has 118 valence electrons. The fourth-order valence-corrected chi connectivity index (χ4v) is 1.97. The first-order valence-electron chi connectivity index (χ1n) is 6.77. The van der Waals surface area contributed by atoms with Crippen LogP contribution < -0.4 is 5.11 Å². The Labute approximate surface area is 151 Å². The van der Waals surface area contributed by atoms with E-state index in [0.29, 0.717) is 0 Å². The van der Waals surface area contributed by atoms with Gasteiger partial charge in [-0.15, -0.1) is 0 Å². The van der Waals surface area contributed by atoms with Gasteiger partial charge in [0.25, 0.3) is 0 Å². The van der Waals surface area contributed by atoms with Crippen molar-refractivity contribution in [2.24, 2.45) is 0 Å². The first-order valence-corrected chi connectivity index (χ1v) is 7.14. The molecule has 0 amide bonds. The third kappa shape index (κ3) is 5.91. The van der Waals surface area contributed by atoms with E-state index in [1.54, 1.807) is 18.2 Å². The van der Waals surface area contributed by atoms with E-state index in [1.807, 2.05) is 54.6 Å². The monoisotopic (exact) mass is 366 g/mol. The van der Waals surface area contributed by atoms with Gasteiger partial charge >= 0.3 is 17.1 Å². The SMILES string of the molecule is [Fe+2].[O-]c1c(Cl)cccc1C(O)=CC=C1C=CC=C1.c1cc[cH-]c1. The second kappa shape index (κ2) is 9.86. The predicted molar refractivity (Wildman–Crippen MR) is 89.9 cm³/mol. The van der Waals surface area contributed by atoms with Crippen molar-refractivity contribution in [3.05, 3.63) is 101 Å². The Morgan fingerprint density at radius 1 is 1.09 bits per heavy atom. The van der Waals surface area contributed by atoms with E-state index in [9.17, 15) is 10.2 Å². The van der Waals surface area contributed by atoms with E-state index in [0.717, 1.165) is 5.57 Å². The Kier molecular flexibility index (Phi) is 8.14. The minimum atomic E-state index is -0.362. The van der Waals surface area contributed by atoms with Crippen molar-refractivity contribution in [1.82, 2.24) is 0 Å². The third-order valence-electron chi connectivity index (χ3n) is 2.92. The average molecular weight is 367 g/mol. The minimum Gasteiger partial charge on any atom is -0.871 e. The van der Waals surface area contributed by atoms with Crippen molar-refractivity contribution < 1.29 is 27.3 Å². The molecule has 0 heterocycles. The molecule has 0 saturated carbocycles. The number of hydrogen-bond acceptors (Lipinski definition) is 2. The number of para-hydroxylation sites is 1.